The largest absolute Gasteiger partial charge is 0.467 e. The van der Waals surface area contributed by atoms with Gasteiger partial charge in [-0.15, -0.1) is 11.3 Å². The van der Waals surface area contributed by atoms with Crippen molar-refractivity contribution in [3.63, 3.8) is 0 Å². The zero-order chi connectivity index (χ0) is 19.1. The molecule has 0 bridgehead atoms. The zero-order valence-corrected chi connectivity index (χ0v) is 16.5. The van der Waals surface area contributed by atoms with Gasteiger partial charge in [0, 0.05) is 19.7 Å². The maximum Gasteiger partial charge on any atom is 0.264 e. The molecule has 1 unspecified atom stereocenters. The van der Waals surface area contributed by atoms with E-state index in [2.05, 4.69) is 0 Å². The number of carbonyl (C=O) groups is 2. The average molecular weight is 391 g/mol. The molecule has 1 fully saturated rings. The minimum atomic E-state index is -0.0877. The van der Waals surface area contributed by atoms with Crippen molar-refractivity contribution in [1.29, 1.82) is 0 Å². The summed E-state index contributed by atoms with van der Waals surface area (Å²) in [6.45, 7) is 4.28. The molecule has 7 heteroatoms. The second-order valence-corrected chi connectivity index (χ2v) is 7.64. The van der Waals surface area contributed by atoms with E-state index in [1.54, 1.807) is 22.1 Å². The number of rotatable bonds is 9. The van der Waals surface area contributed by atoms with Crippen molar-refractivity contribution in [3.05, 3.63) is 46.5 Å². The summed E-state index contributed by atoms with van der Waals surface area (Å²) < 4.78 is 11.1. The average Bonchev–Trinajstić information content (AvgIpc) is 3.42. The van der Waals surface area contributed by atoms with E-state index < -0.39 is 0 Å². The van der Waals surface area contributed by atoms with Crippen molar-refractivity contribution < 1.29 is 18.7 Å². The topological polar surface area (TPSA) is 63.0 Å². The number of ether oxygens (including phenoxy) is 1. The summed E-state index contributed by atoms with van der Waals surface area (Å²) in [5.74, 6) is 0.559. The van der Waals surface area contributed by atoms with Crippen LogP contribution in [-0.4, -0.2) is 54.0 Å². The molecule has 2 amide bonds. The quantitative estimate of drug-likeness (QED) is 0.658. The monoisotopic (exact) mass is 390 g/mol. The van der Waals surface area contributed by atoms with Crippen LogP contribution in [0.5, 0.6) is 0 Å². The van der Waals surface area contributed by atoms with Crippen LogP contribution in [0.15, 0.2) is 40.3 Å². The fourth-order valence-electron chi connectivity index (χ4n) is 3.22. The summed E-state index contributed by atoms with van der Waals surface area (Å²) in [5.41, 5.74) is 0. The Balaban J connectivity index is 1.69. The minimum Gasteiger partial charge on any atom is -0.467 e. The zero-order valence-electron chi connectivity index (χ0n) is 15.6. The van der Waals surface area contributed by atoms with Crippen molar-refractivity contribution >= 4 is 23.2 Å². The molecule has 1 aliphatic rings. The molecule has 27 heavy (non-hydrogen) atoms. The Morgan fingerprint density at radius 1 is 1.26 bits per heavy atom. The number of hydrogen-bond acceptors (Lipinski definition) is 5. The van der Waals surface area contributed by atoms with Crippen LogP contribution in [0.1, 0.15) is 41.6 Å². The standard InChI is InChI=1S/C20H26N2O4S/c1-2-9-21(20(24)18-8-5-12-27-18)15-19(23)22(13-16-6-3-10-25-16)14-17-7-4-11-26-17/h3,5-6,8,10,12,17H,2,4,7,9,11,13-15H2,1H3. The SMILES string of the molecule is CCCN(CC(=O)N(Cc1ccco1)CC1CCCO1)C(=O)c1cccs1. The number of thiophene rings is 1. The minimum absolute atomic E-state index is 0.0523. The van der Waals surface area contributed by atoms with Gasteiger partial charge in [-0.1, -0.05) is 13.0 Å². The van der Waals surface area contributed by atoms with Crippen molar-refractivity contribution in [2.24, 2.45) is 0 Å². The second-order valence-electron chi connectivity index (χ2n) is 6.69. The highest BCUT2D eigenvalue weighted by atomic mass is 32.1. The fraction of sp³-hybridized carbons (Fsp3) is 0.500. The molecule has 1 saturated heterocycles. The van der Waals surface area contributed by atoms with Gasteiger partial charge in [0.05, 0.1) is 23.8 Å². The first kappa shape index (κ1) is 19.6. The highest BCUT2D eigenvalue weighted by Gasteiger charge is 2.26. The molecule has 0 saturated carbocycles. The highest BCUT2D eigenvalue weighted by molar-refractivity contribution is 7.12. The maximum atomic E-state index is 13.1. The van der Waals surface area contributed by atoms with Gasteiger partial charge in [-0.25, -0.2) is 0 Å². The van der Waals surface area contributed by atoms with Gasteiger partial charge in [-0.05, 0) is 42.8 Å². The first-order valence-electron chi connectivity index (χ1n) is 9.42. The Bertz CT molecular complexity index is 708. The van der Waals surface area contributed by atoms with Crippen molar-refractivity contribution in [2.75, 3.05) is 26.2 Å². The Morgan fingerprint density at radius 3 is 2.78 bits per heavy atom. The van der Waals surface area contributed by atoms with Crippen LogP contribution >= 0.6 is 11.3 Å². The molecule has 146 valence electrons. The Labute approximate surface area is 163 Å². The first-order chi connectivity index (χ1) is 13.2. The summed E-state index contributed by atoms with van der Waals surface area (Å²) in [6.07, 6.45) is 4.43. The molecule has 3 heterocycles. The van der Waals surface area contributed by atoms with Gasteiger partial charge in [0.1, 0.15) is 12.3 Å². The van der Waals surface area contributed by atoms with Crippen LogP contribution in [0.25, 0.3) is 0 Å². The molecule has 1 atom stereocenters. The van der Waals surface area contributed by atoms with E-state index in [4.69, 9.17) is 9.15 Å². The van der Waals surface area contributed by atoms with Gasteiger partial charge >= 0.3 is 0 Å². The lowest BCUT2D eigenvalue weighted by Crippen LogP contribution is -2.45. The van der Waals surface area contributed by atoms with E-state index >= 15 is 0 Å². The van der Waals surface area contributed by atoms with E-state index in [9.17, 15) is 9.59 Å². The van der Waals surface area contributed by atoms with Crippen molar-refractivity contribution in [1.82, 2.24) is 9.80 Å². The molecule has 0 aliphatic carbocycles. The third-order valence-corrected chi connectivity index (χ3v) is 5.42. The number of hydrogen-bond donors (Lipinski definition) is 0. The lowest BCUT2D eigenvalue weighted by molar-refractivity contribution is -0.134. The van der Waals surface area contributed by atoms with E-state index in [1.807, 2.05) is 30.5 Å². The van der Waals surface area contributed by atoms with E-state index in [0.29, 0.717) is 24.5 Å². The summed E-state index contributed by atoms with van der Waals surface area (Å²) in [5, 5.41) is 1.87. The first-order valence-corrected chi connectivity index (χ1v) is 10.3. The summed E-state index contributed by atoms with van der Waals surface area (Å²) in [4.78, 5) is 29.8. The number of furan rings is 1. The Morgan fingerprint density at radius 2 is 2.15 bits per heavy atom. The van der Waals surface area contributed by atoms with E-state index in [1.165, 1.54) is 11.3 Å². The molecular formula is C20H26N2O4S. The molecule has 1 aliphatic heterocycles. The summed E-state index contributed by atoms with van der Waals surface area (Å²) >= 11 is 1.40. The highest BCUT2D eigenvalue weighted by Crippen LogP contribution is 2.17. The third kappa shape index (κ3) is 5.43. The van der Waals surface area contributed by atoms with Gasteiger partial charge < -0.3 is 19.0 Å². The maximum absolute atomic E-state index is 13.1. The second kappa shape index (κ2) is 9.71. The third-order valence-electron chi connectivity index (χ3n) is 4.57. The van der Waals surface area contributed by atoms with Crippen LogP contribution in [0.2, 0.25) is 0 Å². The summed E-state index contributed by atoms with van der Waals surface area (Å²) in [6, 6.07) is 7.32. The van der Waals surface area contributed by atoms with Gasteiger partial charge in [-0.2, -0.15) is 0 Å². The molecule has 3 rings (SSSR count). The van der Waals surface area contributed by atoms with Gasteiger partial charge in [0.25, 0.3) is 5.91 Å². The molecule has 6 nitrogen and oxygen atoms in total. The molecule has 0 aromatic carbocycles. The van der Waals surface area contributed by atoms with Crippen LogP contribution in [0.4, 0.5) is 0 Å². The molecule has 2 aromatic heterocycles. The molecule has 0 radical (unpaired) electrons. The predicted molar refractivity (Wildman–Crippen MR) is 104 cm³/mol. The number of nitrogens with zero attached hydrogens (tertiary/aromatic N) is 2. The Kier molecular flexibility index (Phi) is 7.06. The van der Waals surface area contributed by atoms with Crippen LogP contribution in [0.3, 0.4) is 0 Å². The predicted octanol–water partition coefficient (Wildman–Crippen LogP) is 3.40. The fourth-order valence-corrected chi connectivity index (χ4v) is 3.91. The lowest BCUT2D eigenvalue weighted by atomic mass is 10.2. The smallest absolute Gasteiger partial charge is 0.264 e. The molecule has 2 aromatic rings. The van der Waals surface area contributed by atoms with Crippen molar-refractivity contribution in [2.45, 2.75) is 38.8 Å². The van der Waals surface area contributed by atoms with Gasteiger partial charge in [0.2, 0.25) is 5.91 Å². The lowest BCUT2D eigenvalue weighted by Gasteiger charge is -2.28. The van der Waals surface area contributed by atoms with Gasteiger partial charge in [-0.3, -0.25) is 9.59 Å². The van der Waals surface area contributed by atoms with Gasteiger partial charge in [0.15, 0.2) is 0 Å². The number of carbonyl (C=O) groups excluding carboxylic acids is 2. The van der Waals surface area contributed by atoms with Crippen LogP contribution < -0.4 is 0 Å². The number of amides is 2. The molecule has 0 spiro atoms. The molecule has 0 N–H and O–H groups in total. The van der Waals surface area contributed by atoms with Crippen LogP contribution in [0, 0.1) is 0 Å². The Hall–Kier alpha value is -2.12. The van der Waals surface area contributed by atoms with E-state index in [-0.39, 0.29) is 24.5 Å². The van der Waals surface area contributed by atoms with E-state index in [0.717, 1.165) is 31.6 Å². The van der Waals surface area contributed by atoms with Crippen LogP contribution in [-0.2, 0) is 16.1 Å². The van der Waals surface area contributed by atoms with Crippen molar-refractivity contribution in [3.8, 4) is 0 Å². The normalized spacial score (nSPS) is 16.4. The summed E-state index contributed by atoms with van der Waals surface area (Å²) in [7, 11) is 0. The molecular weight excluding hydrogens is 364 g/mol.